The Labute approximate surface area is 211 Å². The second kappa shape index (κ2) is 14.4. The van der Waals surface area contributed by atoms with Gasteiger partial charge in [0.2, 0.25) is 5.91 Å². The van der Waals surface area contributed by atoms with Crippen LogP contribution in [0.3, 0.4) is 0 Å². The number of pyridine rings is 1. The number of rotatable bonds is 9. The number of guanidine groups is 1. The van der Waals surface area contributed by atoms with Gasteiger partial charge in [0.05, 0.1) is 25.8 Å². The molecule has 0 saturated carbocycles. The van der Waals surface area contributed by atoms with Crippen molar-refractivity contribution in [3.8, 4) is 0 Å². The maximum absolute atomic E-state index is 12.2. The number of nitrogens with one attached hydrogen (secondary N) is 3. The predicted octanol–water partition coefficient (Wildman–Crippen LogP) is 3.03. The lowest BCUT2D eigenvalue weighted by atomic mass is 10.2. The quantitative estimate of drug-likeness (QED) is 0.243. The SMILES string of the molecule is CCNC(=NCC(c1cccs1)N1CCOCC1)NCCC(=O)Nc1cccc(C)n1.I. The number of morpholine rings is 1. The average molecular weight is 573 g/mol. The average Bonchev–Trinajstić information content (AvgIpc) is 3.29. The molecule has 1 unspecified atom stereocenters. The Morgan fingerprint density at radius 3 is 2.75 bits per heavy atom. The molecular weight excluding hydrogens is 539 g/mol. The van der Waals surface area contributed by atoms with E-state index in [2.05, 4.69) is 43.3 Å². The standard InChI is InChI=1S/C22H32N6O2S.HI/c1-3-23-22(24-10-9-21(29)27-20-8-4-6-17(2)26-20)25-16-18(19-7-5-15-31-19)28-11-13-30-14-12-28;/h4-8,15,18H,3,9-14,16H2,1-2H3,(H2,23,24,25)(H,26,27,29);1H. The molecule has 0 spiro atoms. The first-order valence-electron chi connectivity index (χ1n) is 10.8. The minimum absolute atomic E-state index is 0. The zero-order valence-corrected chi connectivity index (χ0v) is 21.8. The molecule has 176 valence electrons. The Morgan fingerprint density at radius 1 is 1.25 bits per heavy atom. The topological polar surface area (TPSA) is 90.9 Å². The summed E-state index contributed by atoms with van der Waals surface area (Å²) in [6, 6.07) is 10.1. The molecule has 1 aliphatic rings. The van der Waals surface area contributed by atoms with Gasteiger partial charge in [0.15, 0.2) is 5.96 Å². The minimum atomic E-state index is -0.0776. The molecule has 0 aromatic carbocycles. The summed E-state index contributed by atoms with van der Waals surface area (Å²) >= 11 is 1.76. The molecule has 1 atom stereocenters. The summed E-state index contributed by atoms with van der Waals surface area (Å²) in [7, 11) is 0. The fraction of sp³-hybridized carbons (Fsp3) is 0.500. The minimum Gasteiger partial charge on any atom is -0.379 e. The summed E-state index contributed by atoms with van der Waals surface area (Å²) < 4.78 is 5.51. The van der Waals surface area contributed by atoms with E-state index in [0.29, 0.717) is 25.3 Å². The molecule has 1 fully saturated rings. The highest BCUT2D eigenvalue weighted by Crippen LogP contribution is 2.26. The summed E-state index contributed by atoms with van der Waals surface area (Å²) in [5, 5.41) is 11.5. The van der Waals surface area contributed by atoms with Crippen LogP contribution in [0.2, 0.25) is 0 Å². The Morgan fingerprint density at radius 2 is 2.06 bits per heavy atom. The molecule has 1 aliphatic heterocycles. The number of aryl methyl sites for hydroxylation is 1. The Hall–Kier alpha value is -1.76. The van der Waals surface area contributed by atoms with E-state index >= 15 is 0 Å². The van der Waals surface area contributed by atoms with Crippen LogP contribution in [0.4, 0.5) is 5.82 Å². The van der Waals surface area contributed by atoms with Crippen molar-refractivity contribution < 1.29 is 9.53 Å². The van der Waals surface area contributed by atoms with Gasteiger partial charge in [-0.15, -0.1) is 35.3 Å². The summed E-state index contributed by atoms with van der Waals surface area (Å²) in [6.07, 6.45) is 0.331. The summed E-state index contributed by atoms with van der Waals surface area (Å²) in [6.45, 7) is 9.17. The Bertz CT molecular complexity index is 843. The fourth-order valence-corrected chi connectivity index (χ4v) is 4.24. The smallest absolute Gasteiger partial charge is 0.227 e. The number of thiophene rings is 1. The van der Waals surface area contributed by atoms with Crippen LogP contribution in [-0.4, -0.2) is 67.7 Å². The predicted molar refractivity (Wildman–Crippen MR) is 141 cm³/mol. The van der Waals surface area contributed by atoms with E-state index in [1.807, 2.05) is 26.0 Å². The number of ether oxygens (including phenoxy) is 1. The van der Waals surface area contributed by atoms with Gasteiger partial charge in [0, 0.05) is 43.2 Å². The van der Waals surface area contributed by atoms with Crippen molar-refractivity contribution in [2.75, 3.05) is 51.3 Å². The molecule has 8 nitrogen and oxygen atoms in total. The zero-order valence-electron chi connectivity index (χ0n) is 18.7. The first kappa shape index (κ1) is 26.5. The van der Waals surface area contributed by atoms with Crippen LogP contribution in [0.25, 0.3) is 0 Å². The highest BCUT2D eigenvalue weighted by molar-refractivity contribution is 14.0. The van der Waals surface area contributed by atoms with E-state index in [9.17, 15) is 4.79 Å². The molecule has 1 amide bonds. The monoisotopic (exact) mass is 572 g/mol. The molecule has 0 aliphatic carbocycles. The van der Waals surface area contributed by atoms with E-state index in [1.54, 1.807) is 17.4 Å². The fourth-order valence-electron chi connectivity index (χ4n) is 3.39. The lowest BCUT2D eigenvalue weighted by Crippen LogP contribution is -2.42. The van der Waals surface area contributed by atoms with E-state index in [-0.39, 0.29) is 35.9 Å². The van der Waals surface area contributed by atoms with E-state index in [1.165, 1.54) is 4.88 Å². The van der Waals surface area contributed by atoms with Crippen LogP contribution in [0.5, 0.6) is 0 Å². The highest BCUT2D eigenvalue weighted by atomic mass is 127. The van der Waals surface area contributed by atoms with Gasteiger partial charge in [-0.25, -0.2) is 4.98 Å². The number of nitrogens with zero attached hydrogens (tertiary/aromatic N) is 3. The first-order valence-corrected chi connectivity index (χ1v) is 11.6. The number of aromatic nitrogens is 1. The van der Waals surface area contributed by atoms with Crippen LogP contribution < -0.4 is 16.0 Å². The molecule has 32 heavy (non-hydrogen) atoms. The number of hydrogen-bond donors (Lipinski definition) is 3. The second-order valence-electron chi connectivity index (χ2n) is 7.29. The molecule has 3 heterocycles. The van der Waals surface area contributed by atoms with E-state index in [0.717, 1.165) is 44.5 Å². The van der Waals surface area contributed by atoms with Crippen molar-refractivity contribution in [3.63, 3.8) is 0 Å². The van der Waals surface area contributed by atoms with Crippen LogP contribution in [0.15, 0.2) is 40.7 Å². The largest absolute Gasteiger partial charge is 0.379 e. The van der Waals surface area contributed by atoms with Gasteiger partial charge in [-0.2, -0.15) is 0 Å². The molecule has 0 bridgehead atoms. The van der Waals surface area contributed by atoms with Gasteiger partial charge in [-0.1, -0.05) is 12.1 Å². The molecule has 10 heteroatoms. The first-order chi connectivity index (χ1) is 15.2. The Kier molecular flexibility index (Phi) is 11.9. The highest BCUT2D eigenvalue weighted by Gasteiger charge is 2.23. The summed E-state index contributed by atoms with van der Waals surface area (Å²) in [4.78, 5) is 25.1. The lowest BCUT2D eigenvalue weighted by molar-refractivity contribution is -0.116. The van der Waals surface area contributed by atoms with Crippen molar-refractivity contribution in [2.45, 2.75) is 26.3 Å². The maximum atomic E-state index is 12.2. The zero-order chi connectivity index (χ0) is 21.9. The molecule has 0 radical (unpaired) electrons. The van der Waals surface area contributed by atoms with Crippen LogP contribution in [0, 0.1) is 6.92 Å². The third-order valence-electron chi connectivity index (χ3n) is 4.92. The van der Waals surface area contributed by atoms with Gasteiger partial charge in [-0.05, 0) is 37.4 Å². The van der Waals surface area contributed by atoms with Crippen molar-refractivity contribution in [2.24, 2.45) is 4.99 Å². The third-order valence-corrected chi connectivity index (χ3v) is 5.90. The summed E-state index contributed by atoms with van der Waals surface area (Å²) in [5.74, 6) is 1.22. The molecule has 2 aromatic rings. The van der Waals surface area contributed by atoms with Gasteiger partial charge in [0.25, 0.3) is 0 Å². The molecular formula is C22H33IN6O2S. The number of amides is 1. The molecule has 1 saturated heterocycles. The molecule has 3 N–H and O–H groups in total. The van der Waals surface area contributed by atoms with Gasteiger partial charge < -0.3 is 20.7 Å². The lowest BCUT2D eigenvalue weighted by Gasteiger charge is -2.33. The van der Waals surface area contributed by atoms with Crippen molar-refractivity contribution >= 4 is 53.0 Å². The van der Waals surface area contributed by atoms with Crippen LogP contribution >= 0.6 is 35.3 Å². The van der Waals surface area contributed by atoms with Gasteiger partial charge in [-0.3, -0.25) is 14.7 Å². The Balaban J connectivity index is 0.00000363. The third kappa shape index (κ3) is 8.64. The maximum Gasteiger partial charge on any atom is 0.227 e. The number of hydrogen-bond acceptors (Lipinski definition) is 6. The van der Waals surface area contributed by atoms with E-state index < -0.39 is 0 Å². The number of aliphatic imine (C=N–C) groups is 1. The number of carbonyl (C=O) groups is 1. The van der Waals surface area contributed by atoms with Gasteiger partial charge in [0.1, 0.15) is 5.82 Å². The molecule has 2 aromatic heterocycles. The van der Waals surface area contributed by atoms with Crippen molar-refractivity contribution in [1.82, 2.24) is 20.5 Å². The number of halogens is 1. The molecule has 3 rings (SSSR count). The van der Waals surface area contributed by atoms with Crippen LogP contribution in [0.1, 0.15) is 30.0 Å². The normalized spacial score (nSPS) is 15.5. The van der Waals surface area contributed by atoms with Crippen molar-refractivity contribution in [3.05, 3.63) is 46.3 Å². The van der Waals surface area contributed by atoms with Gasteiger partial charge >= 0.3 is 0 Å². The second-order valence-corrected chi connectivity index (χ2v) is 8.27. The number of anilines is 1. The van der Waals surface area contributed by atoms with Crippen molar-refractivity contribution in [1.29, 1.82) is 0 Å². The number of carbonyl (C=O) groups excluding carboxylic acids is 1. The van der Waals surface area contributed by atoms with Crippen LogP contribution in [-0.2, 0) is 9.53 Å². The van der Waals surface area contributed by atoms with E-state index in [4.69, 9.17) is 9.73 Å². The summed E-state index contributed by atoms with van der Waals surface area (Å²) in [5.41, 5.74) is 0.873.